The number of likely N-dealkylation sites (N-methyl/N-ethyl adjacent to an activating group) is 1. The minimum atomic E-state index is -2.90. The Hall–Kier alpha value is -3.20. The van der Waals surface area contributed by atoms with Crippen LogP contribution in [-0.2, 0) is 10.2 Å². The van der Waals surface area contributed by atoms with Gasteiger partial charge in [-0.3, -0.25) is 4.79 Å². The van der Waals surface area contributed by atoms with Crippen molar-refractivity contribution < 1.29 is 18.0 Å². The Balaban J connectivity index is 1.60. The maximum atomic E-state index is 14.8. The molecule has 190 valence electrons. The maximum Gasteiger partial charge on any atom is 0.266 e. The third-order valence-electron chi connectivity index (χ3n) is 7.61. The van der Waals surface area contributed by atoms with Gasteiger partial charge in [-0.1, -0.05) is 18.2 Å². The lowest BCUT2D eigenvalue weighted by Crippen LogP contribution is -2.44. The van der Waals surface area contributed by atoms with Gasteiger partial charge in [0.1, 0.15) is 5.82 Å². The molecule has 0 radical (unpaired) electrons. The van der Waals surface area contributed by atoms with E-state index in [0.29, 0.717) is 11.5 Å². The summed E-state index contributed by atoms with van der Waals surface area (Å²) in [6.45, 7) is 9.17. The number of hydrogen-bond acceptors (Lipinski definition) is 5. The number of rotatable bonds is 5. The first-order valence-corrected chi connectivity index (χ1v) is 12.2. The van der Waals surface area contributed by atoms with Crippen LogP contribution in [-0.4, -0.2) is 47.2 Å². The molecule has 1 aromatic heterocycles. The number of carbonyl (C=O) groups is 1. The van der Waals surface area contributed by atoms with E-state index in [4.69, 9.17) is 0 Å². The number of amides is 1. The molecule has 1 N–H and O–H groups in total. The highest BCUT2D eigenvalue weighted by Gasteiger charge is 2.47. The minimum Gasteiger partial charge on any atom is -0.361 e. The smallest absolute Gasteiger partial charge is 0.266 e. The van der Waals surface area contributed by atoms with Crippen molar-refractivity contribution >= 4 is 28.2 Å². The lowest BCUT2D eigenvalue weighted by Gasteiger charge is -2.27. The van der Waals surface area contributed by atoms with Gasteiger partial charge in [-0.2, -0.15) is 5.10 Å². The van der Waals surface area contributed by atoms with Crippen LogP contribution in [0.3, 0.4) is 0 Å². The lowest BCUT2D eigenvalue weighted by atomic mass is 9.85. The average Bonchev–Trinajstić information content (AvgIpc) is 3.33. The molecule has 0 unspecified atom stereocenters. The van der Waals surface area contributed by atoms with Crippen LogP contribution in [0.1, 0.15) is 62.0 Å². The maximum absolute atomic E-state index is 14.8. The quantitative estimate of drug-likeness (QED) is 0.503. The molecule has 0 bridgehead atoms. The van der Waals surface area contributed by atoms with Gasteiger partial charge in [0.2, 0.25) is 5.91 Å². The van der Waals surface area contributed by atoms with Crippen molar-refractivity contribution in [3.63, 3.8) is 0 Å². The zero-order valence-corrected chi connectivity index (χ0v) is 21.1. The monoisotopic (exact) mass is 497 g/mol. The summed E-state index contributed by atoms with van der Waals surface area (Å²) in [5.74, 6) is -0.449. The van der Waals surface area contributed by atoms with Crippen LogP contribution < -0.4 is 10.2 Å². The van der Waals surface area contributed by atoms with E-state index < -0.39 is 29.3 Å². The molecule has 2 aliphatic heterocycles. The van der Waals surface area contributed by atoms with Crippen molar-refractivity contribution in [2.75, 3.05) is 30.4 Å². The van der Waals surface area contributed by atoms with Crippen molar-refractivity contribution in [2.24, 2.45) is 0 Å². The fraction of sp³-hybridized carbons (Fsp3) is 0.444. The van der Waals surface area contributed by atoms with E-state index in [9.17, 15) is 18.0 Å². The molecule has 1 saturated heterocycles. The van der Waals surface area contributed by atoms with Gasteiger partial charge in [-0.15, -0.1) is 5.10 Å². The second kappa shape index (κ2) is 8.73. The first kappa shape index (κ1) is 24.5. The molecular weight excluding hydrogens is 467 g/mol. The Kier molecular flexibility index (Phi) is 5.94. The Bertz CT molecular complexity index is 1360. The average molecular weight is 498 g/mol. The van der Waals surface area contributed by atoms with Crippen LogP contribution >= 0.6 is 0 Å². The number of benzene rings is 2. The van der Waals surface area contributed by atoms with E-state index in [2.05, 4.69) is 27.5 Å². The SMILES string of the molecule is Cc1nnc(N[C@H](C)c2cccc(C(F)F)c2F)c2cc3c(cc12)C(C)(C)C(=O)N3[C@H]1CCN(C)C1. The molecule has 9 heteroatoms. The molecule has 0 spiro atoms. The number of carbonyl (C=O) groups excluding carboxylic acids is 1. The van der Waals surface area contributed by atoms with E-state index in [0.717, 1.165) is 47.6 Å². The number of nitrogens with one attached hydrogen (secondary N) is 1. The zero-order chi connectivity index (χ0) is 25.9. The highest BCUT2D eigenvalue weighted by molar-refractivity contribution is 6.11. The van der Waals surface area contributed by atoms with Crippen molar-refractivity contribution in [1.82, 2.24) is 15.1 Å². The molecule has 0 saturated carbocycles. The number of nitrogens with zero attached hydrogens (tertiary/aromatic N) is 4. The van der Waals surface area contributed by atoms with E-state index in [1.807, 2.05) is 37.8 Å². The molecule has 6 nitrogen and oxygen atoms in total. The van der Waals surface area contributed by atoms with E-state index >= 15 is 0 Å². The molecule has 3 aromatic rings. The van der Waals surface area contributed by atoms with Crippen LogP contribution in [0.2, 0.25) is 0 Å². The van der Waals surface area contributed by atoms with E-state index in [1.54, 1.807) is 6.92 Å². The fourth-order valence-electron chi connectivity index (χ4n) is 5.49. The van der Waals surface area contributed by atoms with Gasteiger partial charge in [0.25, 0.3) is 6.43 Å². The van der Waals surface area contributed by atoms with Crippen LogP contribution in [0.4, 0.5) is 24.7 Å². The number of halogens is 3. The molecule has 3 heterocycles. The summed E-state index contributed by atoms with van der Waals surface area (Å²) in [7, 11) is 2.05. The molecule has 5 rings (SSSR count). The lowest BCUT2D eigenvalue weighted by molar-refractivity contribution is -0.122. The molecule has 36 heavy (non-hydrogen) atoms. The van der Waals surface area contributed by atoms with E-state index in [-0.39, 0.29) is 17.5 Å². The predicted octanol–water partition coefficient (Wildman–Crippen LogP) is 5.52. The van der Waals surface area contributed by atoms with Crippen molar-refractivity contribution in [1.29, 1.82) is 0 Å². The standard InChI is InChI=1S/C27H30F3N5O/c1-14(17-7-6-8-18(23(17)28)24(29)30)31-25-20-12-22-21(11-19(20)15(2)32-33-25)27(3,4)26(36)35(22)16-9-10-34(5)13-16/h6-8,11-12,14,16,24H,9-10,13H2,1-5H3,(H,31,33)/t14-,16+/m1/s1. The van der Waals surface area contributed by atoms with Gasteiger partial charge in [0.05, 0.1) is 28.8 Å². The highest BCUT2D eigenvalue weighted by Crippen LogP contribution is 2.46. The number of hydrogen-bond donors (Lipinski definition) is 1. The summed E-state index contributed by atoms with van der Waals surface area (Å²) in [5.41, 5.74) is 1.32. The Morgan fingerprint density at radius 3 is 2.53 bits per heavy atom. The normalized spacial score (nSPS) is 20.4. The molecular formula is C27H30F3N5O. The number of fused-ring (bicyclic) bond motifs is 2. The summed E-state index contributed by atoms with van der Waals surface area (Å²) in [6.07, 6.45) is -2.01. The van der Waals surface area contributed by atoms with Crippen molar-refractivity contribution in [3.05, 3.63) is 58.5 Å². The Morgan fingerprint density at radius 2 is 1.86 bits per heavy atom. The van der Waals surface area contributed by atoms with Gasteiger partial charge in [0.15, 0.2) is 5.82 Å². The topological polar surface area (TPSA) is 61.4 Å². The summed E-state index contributed by atoms with van der Waals surface area (Å²) >= 11 is 0. The number of aryl methyl sites for hydroxylation is 1. The Labute approximate surface area is 208 Å². The first-order chi connectivity index (χ1) is 17.0. The molecule has 1 amide bonds. The third-order valence-corrected chi connectivity index (χ3v) is 7.61. The number of aromatic nitrogens is 2. The number of likely N-dealkylation sites (tertiary alicyclic amines) is 1. The van der Waals surface area contributed by atoms with Crippen LogP contribution in [0.5, 0.6) is 0 Å². The third kappa shape index (κ3) is 3.80. The summed E-state index contributed by atoms with van der Waals surface area (Å²) in [6, 6.07) is 7.42. The number of anilines is 2. The molecule has 2 aliphatic rings. The Morgan fingerprint density at radius 1 is 1.14 bits per heavy atom. The first-order valence-electron chi connectivity index (χ1n) is 12.2. The largest absolute Gasteiger partial charge is 0.361 e. The van der Waals surface area contributed by atoms with Gasteiger partial charge < -0.3 is 15.1 Å². The molecule has 1 fully saturated rings. The molecule has 2 atom stereocenters. The highest BCUT2D eigenvalue weighted by atomic mass is 19.3. The summed E-state index contributed by atoms with van der Waals surface area (Å²) < 4.78 is 41.3. The van der Waals surface area contributed by atoms with E-state index in [1.165, 1.54) is 12.1 Å². The number of alkyl halides is 2. The van der Waals surface area contributed by atoms with Crippen molar-refractivity contribution in [2.45, 2.75) is 58.0 Å². The zero-order valence-electron chi connectivity index (χ0n) is 21.1. The molecule has 0 aliphatic carbocycles. The van der Waals surface area contributed by atoms with Crippen LogP contribution in [0.25, 0.3) is 10.8 Å². The predicted molar refractivity (Wildman–Crippen MR) is 134 cm³/mol. The second-order valence-electron chi connectivity index (χ2n) is 10.5. The minimum absolute atomic E-state index is 0.0699. The van der Waals surface area contributed by atoms with Crippen LogP contribution in [0.15, 0.2) is 30.3 Å². The molecule has 2 aromatic carbocycles. The van der Waals surface area contributed by atoms with Crippen LogP contribution in [0, 0.1) is 12.7 Å². The second-order valence-corrected chi connectivity index (χ2v) is 10.5. The van der Waals surface area contributed by atoms with Gasteiger partial charge in [-0.25, -0.2) is 13.2 Å². The van der Waals surface area contributed by atoms with Crippen molar-refractivity contribution in [3.8, 4) is 0 Å². The van der Waals surface area contributed by atoms with Gasteiger partial charge in [0, 0.05) is 28.6 Å². The summed E-state index contributed by atoms with van der Waals surface area (Å²) in [5, 5.41) is 13.4. The van der Waals surface area contributed by atoms with Gasteiger partial charge in [-0.05, 0) is 65.4 Å². The van der Waals surface area contributed by atoms with Gasteiger partial charge >= 0.3 is 0 Å². The summed E-state index contributed by atoms with van der Waals surface area (Å²) in [4.78, 5) is 17.7. The fourth-order valence-corrected chi connectivity index (χ4v) is 5.49.